The van der Waals surface area contributed by atoms with E-state index in [4.69, 9.17) is 23.8 Å². The Hall–Kier alpha value is -1.17. The molecule has 0 aliphatic carbocycles. The monoisotopic (exact) mass is 309 g/mol. The Morgan fingerprint density at radius 3 is 2.89 bits per heavy atom. The molecule has 0 radical (unpaired) electrons. The lowest BCUT2D eigenvalue weighted by molar-refractivity contribution is 0.441. The quantitative estimate of drug-likeness (QED) is 0.702. The van der Waals surface area contributed by atoms with E-state index in [9.17, 15) is 0 Å². The van der Waals surface area contributed by atoms with E-state index >= 15 is 0 Å². The average Bonchev–Trinajstić information content (AvgIpc) is 2.95. The standard InChI is InChI=1S/C13H12ClN3S2/c1-13(2,11-15-5-6-19-11)17-10-7-8(14)3-4-9(10)16-12(17)18/h3-7H,1-2H3,(H,16,18). The maximum absolute atomic E-state index is 6.10. The number of nitrogens with one attached hydrogen (secondary N) is 1. The van der Waals surface area contributed by atoms with Gasteiger partial charge in [-0.3, -0.25) is 0 Å². The number of halogens is 1. The maximum Gasteiger partial charge on any atom is 0.178 e. The van der Waals surface area contributed by atoms with Gasteiger partial charge in [0.25, 0.3) is 0 Å². The van der Waals surface area contributed by atoms with Crippen molar-refractivity contribution >= 4 is 46.2 Å². The van der Waals surface area contributed by atoms with Crippen LogP contribution in [0.25, 0.3) is 11.0 Å². The highest BCUT2D eigenvalue weighted by Crippen LogP contribution is 2.32. The van der Waals surface area contributed by atoms with E-state index in [1.807, 2.05) is 29.8 Å². The molecule has 0 unspecified atom stereocenters. The summed E-state index contributed by atoms with van der Waals surface area (Å²) in [5, 5.41) is 3.69. The number of rotatable bonds is 2. The Kier molecular flexibility index (Phi) is 3.00. The highest BCUT2D eigenvalue weighted by molar-refractivity contribution is 7.71. The molecule has 0 saturated heterocycles. The molecular weight excluding hydrogens is 298 g/mol. The molecule has 2 heterocycles. The van der Waals surface area contributed by atoms with Crippen molar-refractivity contribution in [2.24, 2.45) is 0 Å². The lowest BCUT2D eigenvalue weighted by atomic mass is 10.1. The van der Waals surface area contributed by atoms with Crippen LogP contribution in [0.15, 0.2) is 29.8 Å². The summed E-state index contributed by atoms with van der Waals surface area (Å²) >= 11 is 13.2. The molecule has 0 atom stereocenters. The molecule has 0 aliphatic heterocycles. The van der Waals surface area contributed by atoms with Crippen LogP contribution in [0.1, 0.15) is 18.9 Å². The zero-order chi connectivity index (χ0) is 13.6. The van der Waals surface area contributed by atoms with E-state index in [-0.39, 0.29) is 5.54 Å². The van der Waals surface area contributed by atoms with E-state index in [0.717, 1.165) is 16.0 Å². The highest BCUT2D eigenvalue weighted by Gasteiger charge is 2.28. The number of aromatic nitrogens is 3. The fraction of sp³-hybridized carbons (Fsp3) is 0.231. The first kappa shape index (κ1) is 12.8. The summed E-state index contributed by atoms with van der Waals surface area (Å²) in [6.07, 6.45) is 1.81. The summed E-state index contributed by atoms with van der Waals surface area (Å²) in [5.74, 6) is 0. The van der Waals surface area contributed by atoms with Gasteiger partial charge in [-0.25, -0.2) is 4.98 Å². The number of hydrogen-bond donors (Lipinski definition) is 1. The van der Waals surface area contributed by atoms with E-state index < -0.39 is 0 Å². The van der Waals surface area contributed by atoms with Crippen molar-refractivity contribution < 1.29 is 0 Å². The molecule has 0 fully saturated rings. The zero-order valence-corrected chi connectivity index (χ0v) is 12.9. The summed E-state index contributed by atoms with van der Waals surface area (Å²) in [4.78, 5) is 7.64. The Labute approximate surface area is 124 Å². The van der Waals surface area contributed by atoms with Gasteiger partial charge in [-0.1, -0.05) is 11.6 Å². The van der Waals surface area contributed by atoms with Gasteiger partial charge in [-0.15, -0.1) is 11.3 Å². The number of aromatic amines is 1. The van der Waals surface area contributed by atoms with Crippen LogP contribution in [0, 0.1) is 4.77 Å². The van der Waals surface area contributed by atoms with Crippen LogP contribution in [-0.4, -0.2) is 14.5 Å². The Morgan fingerprint density at radius 1 is 1.42 bits per heavy atom. The van der Waals surface area contributed by atoms with Gasteiger partial charge in [0.05, 0.1) is 16.6 Å². The summed E-state index contributed by atoms with van der Waals surface area (Å²) in [6.45, 7) is 4.21. The number of thiazole rings is 1. The number of nitrogens with zero attached hydrogens (tertiary/aromatic N) is 2. The Bertz CT molecular complexity index is 784. The first-order valence-electron chi connectivity index (χ1n) is 5.81. The normalized spacial score (nSPS) is 12.2. The molecule has 0 bridgehead atoms. The zero-order valence-electron chi connectivity index (χ0n) is 10.5. The summed E-state index contributed by atoms with van der Waals surface area (Å²) in [6, 6.07) is 5.73. The maximum atomic E-state index is 6.10. The molecular formula is C13H12ClN3S2. The van der Waals surface area contributed by atoms with E-state index in [1.54, 1.807) is 11.3 Å². The first-order valence-corrected chi connectivity index (χ1v) is 7.47. The number of benzene rings is 1. The van der Waals surface area contributed by atoms with Crippen LogP contribution in [0.4, 0.5) is 0 Å². The van der Waals surface area contributed by atoms with Gasteiger partial charge in [0, 0.05) is 16.6 Å². The predicted molar refractivity (Wildman–Crippen MR) is 82.7 cm³/mol. The SMILES string of the molecule is CC(C)(c1nccs1)n1c(=S)[nH]c2ccc(Cl)cc21. The summed E-state index contributed by atoms with van der Waals surface area (Å²) in [5.41, 5.74) is 1.67. The number of hydrogen-bond acceptors (Lipinski definition) is 3. The van der Waals surface area contributed by atoms with Crippen molar-refractivity contribution in [2.75, 3.05) is 0 Å². The third-order valence-corrected chi connectivity index (χ3v) is 4.77. The fourth-order valence-corrected chi connectivity index (χ4v) is 3.61. The molecule has 1 aromatic carbocycles. The molecule has 1 N–H and O–H groups in total. The van der Waals surface area contributed by atoms with Crippen LogP contribution in [-0.2, 0) is 5.54 Å². The van der Waals surface area contributed by atoms with Gasteiger partial charge in [0.2, 0.25) is 0 Å². The topological polar surface area (TPSA) is 33.6 Å². The van der Waals surface area contributed by atoms with Crippen LogP contribution in [0.2, 0.25) is 5.02 Å². The fourth-order valence-electron chi connectivity index (χ4n) is 2.25. The molecule has 0 amide bonds. The Morgan fingerprint density at radius 2 is 2.21 bits per heavy atom. The average molecular weight is 310 g/mol. The van der Waals surface area contributed by atoms with Crippen molar-refractivity contribution in [3.8, 4) is 0 Å². The Balaban J connectivity index is 2.33. The van der Waals surface area contributed by atoms with Crippen LogP contribution in [0.3, 0.4) is 0 Å². The lowest BCUT2D eigenvalue weighted by Gasteiger charge is -2.25. The largest absolute Gasteiger partial charge is 0.331 e. The van der Waals surface area contributed by atoms with Crippen molar-refractivity contribution in [1.29, 1.82) is 0 Å². The van der Waals surface area contributed by atoms with E-state index in [1.165, 1.54) is 0 Å². The van der Waals surface area contributed by atoms with Crippen molar-refractivity contribution in [3.05, 3.63) is 44.6 Å². The lowest BCUT2D eigenvalue weighted by Crippen LogP contribution is -2.27. The van der Waals surface area contributed by atoms with Gasteiger partial charge in [0.1, 0.15) is 5.01 Å². The molecule has 0 spiro atoms. The minimum Gasteiger partial charge on any atom is -0.331 e. The molecule has 0 saturated carbocycles. The molecule has 6 heteroatoms. The first-order chi connectivity index (χ1) is 9.00. The highest BCUT2D eigenvalue weighted by atomic mass is 35.5. The molecule has 3 aromatic rings. The molecule has 19 heavy (non-hydrogen) atoms. The van der Waals surface area contributed by atoms with Crippen molar-refractivity contribution in [2.45, 2.75) is 19.4 Å². The second-order valence-electron chi connectivity index (χ2n) is 4.82. The third-order valence-electron chi connectivity index (χ3n) is 3.16. The van der Waals surface area contributed by atoms with Gasteiger partial charge >= 0.3 is 0 Å². The van der Waals surface area contributed by atoms with E-state index in [2.05, 4.69) is 28.4 Å². The van der Waals surface area contributed by atoms with Crippen molar-refractivity contribution in [3.63, 3.8) is 0 Å². The molecule has 0 aliphatic rings. The second-order valence-corrected chi connectivity index (χ2v) is 6.54. The van der Waals surface area contributed by atoms with Gasteiger partial charge in [0.15, 0.2) is 4.77 Å². The molecule has 3 rings (SSSR count). The van der Waals surface area contributed by atoms with Crippen LogP contribution >= 0.6 is 35.2 Å². The summed E-state index contributed by atoms with van der Waals surface area (Å²) in [7, 11) is 0. The van der Waals surface area contributed by atoms with Gasteiger partial charge in [-0.2, -0.15) is 0 Å². The third kappa shape index (κ3) is 2.02. The molecule has 3 nitrogen and oxygen atoms in total. The van der Waals surface area contributed by atoms with E-state index in [0.29, 0.717) is 9.79 Å². The minimum absolute atomic E-state index is 0.311. The van der Waals surface area contributed by atoms with Crippen LogP contribution in [0.5, 0.6) is 0 Å². The molecule has 98 valence electrons. The minimum atomic E-state index is -0.311. The van der Waals surface area contributed by atoms with Crippen molar-refractivity contribution in [1.82, 2.24) is 14.5 Å². The molecule has 2 aromatic heterocycles. The van der Waals surface area contributed by atoms with Crippen LogP contribution < -0.4 is 0 Å². The summed E-state index contributed by atoms with van der Waals surface area (Å²) < 4.78 is 2.75. The smallest absolute Gasteiger partial charge is 0.178 e. The number of fused-ring (bicyclic) bond motifs is 1. The number of imidazole rings is 1. The number of H-pyrrole nitrogens is 1. The van der Waals surface area contributed by atoms with Gasteiger partial charge in [-0.05, 0) is 44.3 Å². The predicted octanol–water partition coefficient (Wildman–Crippen LogP) is 4.59. The second kappa shape index (κ2) is 4.44. The van der Waals surface area contributed by atoms with Gasteiger partial charge < -0.3 is 9.55 Å².